The fourth-order valence-corrected chi connectivity index (χ4v) is 1.41. The van der Waals surface area contributed by atoms with E-state index < -0.39 is 0 Å². The van der Waals surface area contributed by atoms with Gasteiger partial charge in [0.15, 0.2) is 0 Å². The first-order chi connectivity index (χ1) is 5.83. The van der Waals surface area contributed by atoms with Crippen molar-refractivity contribution in [3.63, 3.8) is 0 Å². The van der Waals surface area contributed by atoms with Crippen molar-refractivity contribution in [3.05, 3.63) is 0 Å². The third-order valence-corrected chi connectivity index (χ3v) is 2.03. The molecule has 0 aliphatic heterocycles. The Labute approximate surface area is 75.2 Å². The Morgan fingerprint density at radius 3 is 2.58 bits per heavy atom. The molecule has 0 saturated heterocycles. The Balaban J connectivity index is 2.90. The molecule has 4 nitrogen and oxygen atoms in total. The topological polar surface area (TPSA) is 40.6 Å². The Bertz CT molecular complexity index is 227. The molecule has 0 atom stereocenters. The van der Waals surface area contributed by atoms with E-state index in [0.29, 0.717) is 23.3 Å². The summed E-state index contributed by atoms with van der Waals surface area (Å²) in [6.07, 6.45) is 0. The van der Waals surface area contributed by atoms with Gasteiger partial charge in [-0.2, -0.15) is 0 Å². The molecular formula is C7H11NO3S. The highest BCUT2D eigenvalue weighted by atomic mass is 32.1. The number of ether oxygens (including phenoxy) is 3. The zero-order valence-corrected chi connectivity index (χ0v) is 8.10. The molecule has 5 heteroatoms. The zero-order chi connectivity index (χ0) is 8.97. The van der Waals surface area contributed by atoms with Gasteiger partial charge >= 0.3 is 0 Å². The van der Waals surface area contributed by atoms with Gasteiger partial charge in [-0.05, 0) is 6.92 Å². The lowest BCUT2D eigenvalue weighted by atomic mass is 10.6. The standard InChI is InChI=1S/C7H11NO3S/c1-4-11-5-6(9-2)8-12-7(5)10-3/h4H2,1-3H3. The molecule has 12 heavy (non-hydrogen) atoms. The van der Waals surface area contributed by atoms with Crippen LogP contribution in [0.5, 0.6) is 16.7 Å². The van der Waals surface area contributed by atoms with Crippen LogP contribution in [0.2, 0.25) is 0 Å². The second-order valence-electron chi connectivity index (χ2n) is 1.95. The number of methoxy groups -OCH3 is 2. The minimum absolute atomic E-state index is 0.485. The van der Waals surface area contributed by atoms with Crippen LogP contribution in [-0.4, -0.2) is 25.2 Å². The van der Waals surface area contributed by atoms with Crippen LogP contribution in [0.15, 0.2) is 0 Å². The van der Waals surface area contributed by atoms with E-state index in [1.54, 1.807) is 14.2 Å². The summed E-state index contributed by atoms with van der Waals surface area (Å²) in [5.41, 5.74) is 0. The Kier molecular flexibility index (Phi) is 3.16. The number of rotatable bonds is 4. The van der Waals surface area contributed by atoms with Crippen molar-refractivity contribution in [2.75, 3.05) is 20.8 Å². The first-order valence-corrected chi connectivity index (χ1v) is 4.31. The minimum Gasteiger partial charge on any atom is -0.485 e. The Morgan fingerprint density at radius 2 is 2.08 bits per heavy atom. The predicted molar refractivity (Wildman–Crippen MR) is 46.4 cm³/mol. The summed E-state index contributed by atoms with van der Waals surface area (Å²) in [6, 6.07) is 0. The van der Waals surface area contributed by atoms with Crippen LogP contribution in [0.4, 0.5) is 0 Å². The van der Waals surface area contributed by atoms with Crippen molar-refractivity contribution < 1.29 is 14.2 Å². The molecule has 0 unspecified atom stereocenters. The molecular weight excluding hydrogens is 178 g/mol. The molecule has 0 aromatic carbocycles. The van der Waals surface area contributed by atoms with Crippen LogP contribution in [-0.2, 0) is 0 Å². The molecule has 0 spiro atoms. The second-order valence-corrected chi connectivity index (χ2v) is 2.68. The van der Waals surface area contributed by atoms with Crippen molar-refractivity contribution in [2.45, 2.75) is 6.92 Å². The van der Waals surface area contributed by atoms with Gasteiger partial charge < -0.3 is 14.2 Å². The number of hydrogen-bond donors (Lipinski definition) is 0. The van der Waals surface area contributed by atoms with Gasteiger partial charge in [-0.1, -0.05) is 0 Å². The summed E-state index contributed by atoms with van der Waals surface area (Å²) < 4.78 is 19.3. The van der Waals surface area contributed by atoms with Crippen LogP contribution in [0.3, 0.4) is 0 Å². The maximum atomic E-state index is 5.29. The summed E-state index contributed by atoms with van der Waals surface area (Å²) in [4.78, 5) is 0. The fraction of sp³-hybridized carbons (Fsp3) is 0.571. The molecule has 0 aliphatic carbocycles. The van der Waals surface area contributed by atoms with Crippen molar-refractivity contribution in [2.24, 2.45) is 0 Å². The van der Waals surface area contributed by atoms with E-state index in [1.807, 2.05) is 6.92 Å². The molecule has 0 saturated carbocycles. The third kappa shape index (κ3) is 1.61. The van der Waals surface area contributed by atoms with Crippen LogP contribution in [0.1, 0.15) is 6.92 Å². The maximum Gasteiger partial charge on any atom is 0.272 e. The molecule has 1 heterocycles. The van der Waals surface area contributed by atoms with E-state index in [1.165, 1.54) is 11.5 Å². The molecule has 1 rings (SSSR count). The lowest BCUT2D eigenvalue weighted by molar-refractivity contribution is 0.291. The Morgan fingerprint density at radius 1 is 1.33 bits per heavy atom. The summed E-state index contributed by atoms with van der Waals surface area (Å²) in [5.74, 6) is 1.08. The van der Waals surface area contributed by atoms with Crippen LogP contribution in [0, 0.1) is 0 Å². The average molecular weight is 189 g/mol. The van der Waals surface area contributed by atoms with Crippen LogP contribution < -0.4 is 14.2 Å². The van der Waals surface area contributed by atoms with Gasteiger partial charge in [0.05, 0.1) is 20.8 Å². The van der Waals surface area contributed by atoms with Gasteiger partial charge in [0, 0.05) is 11.5 Å². The molecule has 0 N–H and O–H groups in total. The minimum atomic E-state index is 0.485. The molecule has 1 aromatic rings. The SMILES string of the molecule is CCOc1c(OC)nsc1OC. The second kappa shape index (κ2) is 4.15. The highest BCUT2D eigenvalue weighted by Gasteiger charge is 2.15. The van der Waals surface area contributed by atoms with Gasteiger partial charge in [0.1, 0.15) is 0 Å². The van der Waals surface area contributed by atoms with Gasteiger partial charge in [0.25, 0.3) is 5.88 Å². The normalized spacial score (nSPS) is 9.58. The Hall–Kier alpha value is -0.970. The zero-order valence-electron chi connectivity index (χ0n) is 7.29. The molecule has 0 amide bonds. The average Bonchev–Trinajstić information content (AvgIpc) is 2.48. The van der Waals surface area contributed by atoms with E-state index in [9.17, 15) is 0 Å². The van der Waals surface area contributed by atoms with Crippen molar-refractivity contribution >= 4 is 11.5 Å². The third-order valence-electron chi connectivity index (χ3n) is 1.26. The summed E-state index contributed by atoms with van der Waals surface area (Å²) in [7, 11) is 3.13. The van der Waals surface area contributed by atoms with Gasteiger partial charge in [-0.15, -0.1) is 4.37 Å². The highest BCUT2D eigenvalue weighted by Crippen LogP contribution is 2.40. The maximum absolute atomic E-state index is 5.29. The molecule has 0 fully saturated rings. The van der Waals surface area contributed by atoms with Gasteiger partial charge in [-0.3, -0.25) is 0 Å². The van der Waals surface area contributed by atoms with Crippen LogP contribution in [0.25, 0.3) is 0 Å². The number of aromatic nitrogens is 1. The fourth-order valence-electron chi connectivity index (χ4n) is 0.778. The van der Waals surface area contributed by atoms with Crippen molar-refractivity contribution in [1.29, 1.82) is 0 Å². The quantitative estimate of drug-likeness (QED) is 0.720. The van der Waals surface area contributed by atoms with E-state index >= 15 is 0 Å². The first-order valence-electron chi connectivity index (χ1n) is 3.53. The molecule has 68 valence electrons. The van der Waals surface area contributed by atoms with E-state index in [2.05, 4.69) is 4.37 Å². The summed E-state index contributed by atoms with van der Waals surface area (Å²) in [6.45, 7) is 2.47. The largest absolute Gasteiger partial charge is 0.485 e. The van der Waals surface area contributed by atoms with Crippen molar-refractivity contribution in [1.82, 2.24) is 4.37 Å². The summed E-state index contributed by atoms with van der Waals surface area (Å²) in [5, 5.41) is 0.647. The first kappa shape index (κ1) is 9.12. The van der Waals surface area contributed by atoms with Gasteiger partial charge in [0.2, 0.25) is 10.8 Å². The predicted octanol–water partition coefficient (Wildman–Crippen LogP) is 1.56. The van der Waals surface area contributed by atoms with Crippen LogP contribution >= 0.6 is 11.5 Å². The molecule has 0 radical (unpaired) electrons. The van der Waals surface area contributed by atoms with E-state index in [-0.39, 0.29) is 0 Å². The monoisotopic (exact) mass is 189 g/mol. The highest BCUT2D eigenvalue weighted by molar-refractivity contribution is 7.08. The van der Waals surface area contributed by atoms with Gasteiger partial charge in [-0.25, -0.2) is 0 Å². The van der Waals surface area contributed by atoms with E-state index in [0.717, 1.165) is 0 Å². The molecule has 0 bridgehead atoms. The lowest BCUT2D eigenvalue weighted by Crippen LogP contribution is -1.94. The van der Waals surface area contributed by atoms with Crippen molar-refractivity contribution in [3.8, 4) is 16.7 Å². The van der Waals surface area contributed by atoms with E-state index in [4.69, 9.17) is 14.2 Å². The summed E-state index contributed by atoms with van der Waals surface area (Å²) >= 11 is 1.22. The smallest absolute Gasteiger partial charge is 0.272 e. The number of hydrogen-bond acceptors (Lipinski definition) is 5. The molecule has 0 aliphatic rings. The molecule has 1 aromatic heterocycles. The number of nitrogens with zero attached hydrogens (tertiary/aromatic N) is 1. The lowest BCUT2D eigenvalue weighted by Gasteiger charge is -2.03.